The lowest BCUT2D eigenvalue weighted by atomic mass is 10.0. The summed E-state index contributed by atoms with van der Waals surface area (Å²) in [6.45, 7) is 0. The van der Waals surface area contributed by atoms with E-state index < -0.39 is 7.14 Å². The van der Waals surface area contributed by atoms with Crippen LogP contribution in [0.15, 0.2) is 158 Å². The highest BCUT2D eigenvalue weighted by Gasteiger charge is 2.29. The molecule has 0 fully saturated rings. The Bertz CT molecular complexity index is 2210. The summed E-state index contributed by atoms with van der Waals surface area (Å²) < 4.78 is 28.4. The van der Waals surface area contributed by atoms with Crippen molar-refractivity contribution in [2.45, 2.75) is 0 Å². The second kappa shape index (κ2) is 12.8. The normalized spacial score (nSPS) is 11.1. The lowest BCUT2D eigenvalue weighted by Crippen LogP contribution is -2.24. The number of hydrogen-bond acceptors (Lipinski definition) is 5. The van der Waals surface area contributed by atoms with Crippen LogP contribution in [0.3, 0.4) is 0 Å². The van der Waals surface area contributed by atoms with Crippen molar-refractivity contribution in [1.82, 2.24) is 15.0 Å². The summed E-state index contributed by atoms with van der Waals surface area (Å²) in [7, 11) is -3.06. The van der Waals surface area contributed by atoms with E-state index in [1.54, 1.807) is 36.4 Å². The lowest BCUT2D eigenvalue weighted by molar-refractivity contribution is 0.592. The minimum absolute atomic E-state index is 0.345. The molecule has 7 heteroatoms. The van der Waals surface area contributed by atoms with Crippen LogP contribution in [0.25, 0.3) is 45.3 Å². The fourth-order valence-corrected chi connectivity index (χ4v) is 8.10. The second-order valence-corrected chi connectivity index (χ2v) is 13.7. The number of hydrogen-bond donors (Lipinski definition) is 0. The van der Waals surface area contributed by atoms with Crippen LogP contribution < -0.4 is 15.9 Å². The highest BCUT2D eigenvalue weighted by Crippen LogP contribution is 2.42. The average Bonchev–Trinajstić information content (AvgIpc) is 3.15. The third-order valence-electron chi connectivity index (χ3n) is 7.96. The standard InChI is InChI=1S/C40H26FN4OP/c41-34-23-19-33(20-24-34)40-44-38(31-13-11-28(27-42)12-14-31)43-39(45-40)32-17-15-29(16-18-32)30-21-25-37(26-22-30)47(46,35-7-3-1-4-8-35)36-9-5-2-6-10-36/h1-26H. The van der Waals surface area contributed by atoms with Crippen LogP contribution in [0.5, 0.6) is 0 Å². The van der Waals surface area contributed by atoms with E-state index in [4.69, 9.17) is 9.97 Å². The summed E-state index contributed by atoms with van der Waals surface area (Å²) in [6, 6.07) is 50.2. The Kier molecular flexibility index (Phi) is 8.06. The van der Waals surface area contributed by atoms with Gasteiger partial charge in [0.15, 0.2) is 24.6 Å². The first kappa shape index (κ1) is 29.7. The van der Waals surface area contributed by atoms with Gasteiger partial charge >= 0.3 is 0 Å². The molecule has 0 aliphatic carbocycles. The van der Waals surface area contributed by atoms with Crippen molar-refractivity contribution in [1.29, 1.82) is 5.26 Å². The predicted molar refractivity (Wildman–Crippen MR) is 186 cm³/mol. The molecule has 0 saturated carbocycles. The number of halogens is 1. The van der Waals surface area contributed by atoms with Gasteiger partial charge in [-0.25, -0.2) is 19.3 Å². The molecule has 0 amide bonds. The third kappa shape index (κ3) is 6.01. The zero-order valence-corrected chi connectivity index (χ0v) is 25.9. The van der Waals surface area contributed by atoms with Crippen molar-refractivity contribution in [2.24, 2.45) is 0 Å². The Morgan fingerprint density at radius 1 is 0.447 bits per heavy atom. The maximum atomic E-state index is 14.7. The van der Waals surface area contributed by atoms with E-state index >= 15 is 0 Å². The summed E-state index contributed by atoms with van der Waals surface area (Å²) >= 11 is 0. The third-order valence-corrected chi connectivity index (χ3v) is 11.0. The molecule has 7 aromatic rings. The van der Waals surface area contributed by atoms with Gasteiger partial charge in [-0.3, -0.25) is 0 Å². The zero-order chi connectivity index (χ0) is 32.2. The summed E-state index contributed by atoms with van der Waals surface area (Å²) in [5.41, 5.74) is 4.67. The maximum Gasteiger partial charge on any atom is 0.171 e. The number of rotatable bonds is 7. The number of nitrogens with zero attached hydrogens (tertiary/aromatic N) is 4. The lowest BCUT2D eigenvalue weighted by Gasteiger charge is -2.20. The minimum atomic E-state index is -3.06. The quantitative estimate of drug-likeness (QED) is 0.166. The SMILES string of the molecule is N#Cc1ccc(-c2nc(-c3ccc(F)cc3)nc(-c3ccc(-c4ccc(P(=O)(c5ccccc5)c5ccccc5)cc4)cc3)n2)cc1. The maximum absolute atomic E-state index is 14.7. The van der Waals surface area contributed by atoms with Crippen molar-refractivity contribution >= 4 is 23.1 Å². The number of aromatic nitrogens is 3. The van der Waals surface area contributed by atoms with Crippen LogP contribution in [-0.4, -0.2) is 15.0 Å². The van der Waals surface area contributed by atoms with Crippen LogP contribution in [-0.2, 0) is 4.57 Å². The van der Waals surface area contributed by atoms with Gasteiger partial charge < -0.3 is 4.57 Å². The van der Waals surface area contributed by atoms with Gasteiger partial charge in [0.2, 0.25) is 0 Å². The number of nitriles is 1. The van der Waals surface area contributed by atoms with Gasteiger partial charge in [-0.2, -0.15) is 5.26 Å². The van der Waals surface area contributed by atoms with E-state index in [-0.39, 0.29) is 5.82 Å². The fraction of sp³-hybridized carbons (Fsp3) is 0. The molecule has 0 atom stereocenters. The smallest absolute Gasteiger partial charge is 0.171 e. The molecule has 0 bridgehead atoms. The van der Waals surface area contributed by atoms with Crippen molar-refractivity contribution in [2.75, 3.05) is 0 Å². The van der Waals surface area contributed by atoms with Crippen LogP contribution in [0, 0.1) is 17.1 Å². The molecule has 6 aromatic carbocycles. The molecule has 0 radical (unpaired) electrons. The monoisotopic (exact) mass is 628 g/mol. The first-order valence-corrected chi connectivity index (χ1v) is 16.7. The molecule has 0 N–H and O–H groups in total. The van der Waals surface area contributed by atoms with Gasteiger partial charge in [0.25, 0.3) is 0 Å². The molecular weight excluding hydrogens is 602 g/mol. The Morgan fingerprint density at radius 2 is 0.787 bits per heavy atom. The van der Waals surface area contributed by atoms with Gasteiger partial charge in [-0.05, 0) is 59.7 Å². The molecule has 1 aromatic heterocycles. The fourth-order valence-electron chi connectivity index (χ4n) is 5.45. The Labute approximate surface area is 272 Å². The molecule has 0 saturated heterocycles. The van der Waals surface area contributed by atoms with Gasteiger partial charge in [0.1, 0.15) is 5.82 Å². The van der Waals surface area contributed by atoms with Crippen molar-refractivity contribution in [3.63, 3.8) is 0 Å². The largest absolute Gasteiger partial charge is 0.309 e. The molecule has 0 spiro atoms. The summed E-state index contributed by atoms with van der Waals surface area (Å²) in [4.78, 5) is 14.2. The summed E-state index contributed by atoms with van der Waals surface area (Å²) in [6.07, 6.45) is 0. The predicted octanol–water partition coefficient (Wildman–Crippen LogP) is 8.19. The molecule has 0 unspecified atom stereocenters. The summed E-state index contributed by atoms with van der Waals surface area (Å²) in [5, 5.41) is 11.6. The Morgan fingerprint density at radius 3 is 1.21 bits per heavy atom. The molecule has 1 heterocycles. The van der Waals surface area contributed by atoms with Crippen LogP contribution in [0.4, 0.5) is 4.39 Å². The van der Waals surface area contributed by atoms with Crippen molar-refractivity contribution in [3.05, 3.63) is 169 Å². The van der Waals surface area contributed by atoms with Crippen molar-refractivity contribution < 1.29 is 8.96 Å². The first-order chi connectivity index (χ1) is 23.0. The van der Waals surface area contributed by atoms with Crippen LogP contribution in [0.1, 0.15) is 5.56 Å². The number of benzene rings is 6. The van der Waals surface area contributed by atoms with E-state index in [0.29, 0.717) is 28.6 Å². The molecule has 7 rings (SSSR count). The van der Waals surface area contributed by atoms with E-state index in [0.717, 1.165) is 38.2 Å². The second-order valence-electron chi connectivity index (χ2n) is 10.9. The van der Waals surface area contributed by atoms with Crippen LogP contribution >= 0.6 is 7.14 Å². The van der Waals surface area contributed by atoms with E-state index in [9.17, 15) is 14.2 Å². The van der Waals surface area contributed by atoms with E-state index in [1.807, 2.05) is 109 Å². The summed E-state index contributed by atoms with van der Waals surface area (Å²) in [5.74, 6) is 0.976. The van der Waals surface area contributed by atoms with Gasteiger partial charge in [-0.1, -0.05) is 109 Å². The zero-order valence-electron chi connectivity index (χ0n) is 25.0. The Balaban J connectivity index is 1.23. The minimum Gasteiger partial charge on any atom is -0.309 e. The molecule has 47 heavy (non-hydrogen) atoms. The average molecular weight is 629 g/mol. The topological polar surface area (TPSA) is 79.5 Å². The van der Waals surface area contributed by atoms with E-state index in [2.05, 4.69) is 11.1 Å². The Hall–Kier alpha value is -6.02. The molecule has 224 valence electrons. The molecule has 0 aliphatic heterocycles. The van der Waals surface area contributed by atoms with Gasteiger partial charge in [-0.15, -0.1) is 0 Å². The van der Waals surface area contributed by atoms with Crippen LogP contribution in [0.2, 0.25) is 0 Å². The highest BCUT2D eigenvalue weighted by atomic mass is 31.2. The molecule has 0 aliphatic rings. The van der Waals surface area contributed by atoms with Gasteiger partial charge in [0, 0.05) is 32.6 Å². The first-order valence-electron chi connectivity index (χ1n) is 15.0. The van der Waals surface area contributed by atoms with Gasteiger partial charge in [0.05, 0.1) is 11.6 Å². The van der Waals surface area contributed by atoms with E-state index in [1.165, 1.54) is 12.1 Å². The highest BCUT2D eigenvalue weighted by molar-refractivity contribution is 7.85. The molecular formula is C40H26FN4OP. The van der Waals surface area contributed by atoms with Crippen molar-refractivity contribution in [3.8, 4) is 51.4 Å². The molecule has 5 nitrogen and oxygen atoms in total.